The number of thiophene rings is 1. The predicted octanol–water partition coefficient (Wildman–Crippen LogP) is 6.04. The Balaban J connectivity index is 2.11. The number of hydrogen-bond donors (Lipinski definition) is 0. The largest absolute Gasteiger partial charge is 0.333 e. The summed E-state index contributed by atoms with van der Waals surface area (Å²) in [5.41, 5.74) is 2.31. The molecule has 4 nitrogen and oxygen atoms in total. The average Bonchev–Trinajstić information content (AvgIpc) is 3.15. The van der Waals surface area contributed by atoms with Gasteiger partial charge in [0.25, 0.3) is 0 Å². The highest BCUT2D eigenvalue weighted by molar-refractivity contribution is 7.10. The van der Waals surface area contributed by atoms with Gasteiger partial charge in [0.2, 0.25) is 11.8 Å². The number of rotatable bonds is 13. The van der Waals surface area contributed by atoms with Crippen LogP contribution in [0.5, 0.6) is 0 Å². The maximum Gasteiger partial charge on any atom is 0.242 e. The van der Waals surface area contributed by atoms with Crippen LogP contribution in [0.15, 0.2) is 41.8 Å². The minimum absolute atomic E-state index is 0.0132. The van der Waals surface area contributed by atoms with Crippen molar-refractivity contribution in [3.63, 3.8) is 0 Å². The molecular weight excluding hydrogens is 404 g/mol. The summed E-state index contributed by atoms with van der Waals surface area (Å²) in [6, 6.07) is 12.2. The molecule has 0 radical (unpaired) electrons. The Kier molecular flexibility index (Phi) is 10.8. The van der Waals surface area contributed by atoms with Gasteiger partial charge in [-0.3, -0.25) is 9.59 Å². The lowest BCUT2D eigenvalue weighted by atomic mass is 10.1. The van der Waals surface area contributed by atoms with Crippen molar-refractivity contribution in [2.75, 3.05) is 13.1 Å². The second-order valence-corrected chi connectivity index (χ2v) is 9.74. The Morgan fingerprint density at radius 1 is 0.935 bits per heavy atom. The molecular formula is C26H38N2O2S. The highest BCUT2D eigenvalue weighted by Gasteiger charge is 2.23. The van der Waals surface area contributed by atoms with Gasteiger partial charge in [-0.25, -0.2) is 0 Å². The molecule has 31 heavy (non-hydrogen) atoms. The molecule has 0 saturated heterocycles. The number of hydrogen-bond acceptors (Lipinski definition) is 3. The summed E-state index contributed by atoms with van der Waals surface area (Å²) in [5, 5.41) is 2.07. The van der Waals surface area contributed by atoms with Gasteiger partial charge >= 0.3 is 0 Å². The van der Waals surface area contributed by atoms with E-state index in [4.69, 9.17) is 0 Å². The van der Waals surface area contributed by atoms with Crippen molar-refractivity contribution in [3.8, 4) is 0 Å². The molecule has 2 aromatic rings. The van der Waals surface area contributed by atoms with E-state index in [2.05, 4.69) is 39.1 Å². The Labute approximate surface area is 192 Å². The first-order valence-corrected chi connectivity index (χ1v) is 12.4. The van der Waals surface area contributed by atoms with E-state index in [1.54, 1.807) is 16.2 Å². The number of aryl methyl sites for hydroxylation is 1. The first kappa shape index (κ1) is 25.1. The maximum atomic E-state index is 13.4. The summed E-state index contributed by atoms with van der Waals surface area (Å²) in [6.07, 6.45) is 4.81. The SMILES string of the molecule is CCCCCCC(=O)N(CC(=O)N(Cc1ccccc1)Cc1sccc1C)CC(C)C. The highest BCUT2D eigenvalue weighted by Crippen LogP contribution is 2.20. The molecule has 1 aromatic heterocycles. The van der Waals surface area contributed by atoms with Crippen molar-refractivity contribution >= 4 is 23.2 Å². The maximum absolute atomic E-state index is 13.4. The molecule has 0 aliphatic rings. The lowest BCUT2D eigenvalue weighted by molar-refractivity contribution is -0.141. The van der Waals surface area contributed by atoms with Gasteiger partial charge in [0, 0.05) is 24.4 Å². The zero-order valence-electron chi connectivity index (χ0n) is 19.6. The molecule has 0 bridgehead atoms. The molecule has 0 aliphatic carbocycles. The van der Waals surface area contributed by atoms with E-state index in [1.807, 2.05) is 35.2 Å². The van der Waals surface area contributed by atoms with Gasteiger partial charge in [-0.15, -0.1) is 11.3 Å². The normalized spacial score (nSPS) is 11.0. The fraction of sp³-hybridized carbons (Fsp3) is 0.538. The third-order valence-corrected chi connectivity index (χ3v) is 6.39. The van der Waals surface area contributed by atoms with Crippen LogP contribution in [0.4, 0.5) is 0 Å². The van der Waals surface area contributed by atoms with Crippen molar-refractivity contribution in [2.24, 2.45) is 5.92 Å². The molecule has 2 amide bonds. The highest BCUT2D eigenvalue weighted by atomic mass is 32.1. The summed E-state index contributed by atoms with van der Waals surface area (Å²) in [7, 11) is 0. The van der Waals surface area contributed by atoms with Gasteiger partial charge in [0.1, 0.15) is 0 Å². The molecule has 0 aliphatic heterocycles. The Hall–Kier alpha value is -2.14. The van der Waals surface area contributed by atoms with Gasteiger partial charge in [-0.2, -0.15) is 0 Å². The Morgan fingerprint density at radius 2 is 1.68 bits per heavy atom. The van der Waals surface area contributed by atoms with E-state index >= 15 is 0 Å². The lowest BCUT2D eigenvalue weighted by Gasteiger charge is -2.29. The molecule has 170 valence electrons. The van der Waals surface area contributed by atoms with Crippen molar-refractivity contribution in [2.45, 2.75) is 72.9 Å². The van der Waals surface area contributed by atoms with E-state index in [0.29, 0.717) is 32.0 Å². The van der Waals surface area contributed by atoms with Crippen molar-refractivity contribution < 1.29 is 9.59 Å². The van der Waals surface area contributed by atoms with Crippen molar-refractivity contribution in [3.05, 3.63) is 57.8 Å². The summed E-state index contributed by atoms with van der Waals surface area (Å²) in [5.74, 6) is 0.443. The van der Waals surface area contributed by atoms with Crippen LogP contribution in [0.2, 0.25) is 0 Å². The van der Waals surface area contributed by atoms with Gasteiger partial charge in [-0.05, 0) is 41.8 Å². The van der Waals surface area contributed by atoms with Gasteiger partial charge in [0.15, 0.2) is 0 Å². The monoisotopic (exact) mass is 442 g/mol. The third-order valence-electron chi connectivity index (χ3n) is 5.38. The molecule has 0 N–H and O–H groups in total. The van der Waals surface area contributed by atoms with Crippen LogP contribution in [0.3, 0.4) is 0 Å². The van der Waals surface area contributed by atoms with Crippen molar-refractivity contribution in [1.82, 2.24) is 9.80 Å². The zero-order valence-corrected chi connectivity index (χ0v) is 20.4. The fourth-order valence-electron chi connectivity index (χ4n) is 3.60. The van der Waals surface area contributed by atoms with Crippen molar-refractivity contribution in [1.29, 1.82) is 0 Å². The molecule has 0 fully saturated rings. The first-order chi connectivity index (χ1) is 14.9. The van der Waals surface area contributed by atoms with E-state index < -0.39 is 0 Å². The molecule has 2 rings (SSSR count). The second-order valence-electron chi connectivity index (χ2n) is 8.74. The smallest absolute Gasteiger partial charge is 0.242 e. The molecule has 0 saturated carbocycles. The Morgan fingerprint density at radius 3 is 2.29 bits per heavy atom. The van der Waals surface area contributed by atoms with Gasteiger partial charge in [0.05, 0.1) is 13.1 Å². The molecule has 0 unspecified atom stereocenters. The van der Waals surface area contributed by atoms with Crippen LogP contribution in [-0.2, 0) is 22.7 Å². The zero-order chi connectivity index (χ0) is 22.6. The quantitative estimate of drug-likeness (QED) is 0.355. The molecule has 1 heterocycles. The van der Waals surface area contributed by atoms with E-state index in [9.17, 15) is 9.59 Å². The molecule has 1 aromatic carbocycles. The topological polar surface area (TPSA) is 40.6 Å². The molecule has 5 heteroatoms. The van der Waals surface area contributed by atoms with Crippen LogP contribution in [0.25, 0.3) is 0 Å². The minimum Gasteiger partial charge on any atom is -0.333 e. The molecule has 0 spiro atoms. The number of benzene rings is 1. The third kappa shape index (κ3) is 8.86. The van der Waals surface area contributed by atoms with Crippen LogP contribution < -0.4 is 0 Å². The number of nitrogens with zero attached hydrogens (tertiary/aromatic N) is 2. The van der Waals surface area contributed by atoms with Crippen LogP contribution in [0, 0.1) is 12.8 Å². The first-order valence-electron chi connectivity index (χ1n) is 11.5. The van der Waals surface area contributed by atoms with Crippen LogP contribution in [0.1, 0.15) is 68.9 Å². The standard InChI is InChI=1S/C26H38N2O2S/c1-5-6-7-11-14-25(29)27(17-21(2)3)20-26(30)28(18-23-12-9-8-10-13-23)19-24-22(4)15-16-31-24/h8-10,12-13,15-16,21H,5-7,11,14,17-20H2,1-4H3. The summed E-state index contributed by atoms with van der Waals surface area (Å²) < 4.78 is 0. The van der Waals surface area contributed by atoms with Gasteiger partial charge in [-0.1, -0.05) is 70.4 Å². The van der Waals surface area contributed by atoms with Crippen LogP contribution in [-0.4, -0.2) is 34.7 Å². The van der Waals surface area contributed by atoms with E-state index in [-0.39, 0.29) is 18.4 Å². The Bertz CT molecular complexity index is 801. The number of carbonyl (C=O) groups is 2. The summed E-state index contributed by atoms with van der Waals surface area (Å²) in [4.78, 5) is 31.2. The van der Waals surface area contributed by atoms with Gasteiger partial charge < -0.3 is 9.80 Å². The minimum atomic E-state index is 0.0132. The van der Waals surface area contributed by atoms with E-state index in [1.165, 1.54) is 10.4 Å². The number of unbranched alkanes of at least 4 members (excludes halogenated alkanes) is 3. The van der Waals surface area contributed by atoms with Crippen LogP contribution >= 0.6 is 11.3 Å². The number of carbonyl (C=O) groups excluding carboxylic acids is 2. The predicted molar refractivity (Wildman–Crippen MR) is 130 cm³/mol. The summed E-state index contributed by atoms with van der Waals surface area (Å²) >= 11 is 1.68. The lowest BCUT2D eigenvalue weighted by Crippen LogP contribution is -2.43. The average molecular weight is 443 g/mol. The summed E-state index contributed by atoms with van der Waals surface area (Å²) in [6.45, 7) is 10.4. The fourth-order valence-corrected chi connectivity index (χ4v) is 4.52. The van der Waals surface area contributed by atoms with E-state index in [0.717, 1.165) is 31.2 Å². The molecule has 0 atom stereocenters. The number of amides is 2. The second kappa shape index (κ2) is 13.3.